The third-order valence-corrected chi connectivity index (χ3v) is 5.22. The summed E-state index contributed by atoms with van der Waals surface area (Å²) >= 11 is 6.72. The number of ether oxygens (including phenoxy) is 1. The van der Waals surface area contributed by atoms with Gasteiger partial charge < -0.3 is 4.74 Å². The van der Waals surface area contributed by atoms with Gasteiger partial charge in [-0.1, -0.05) is 72.4 Å². The third-order valence-electron chi connectivity index (χ3n) is 3.84. The fourth-order valence-electron chi connectivity index (χ4n) is 2.52. The quantitative estimate of drug-likeness (QED) is 0.429. The van der Waals surface area contributed by atoms with Gasteiger partial charge in [0.1, 0.15) is 16.7 Å². The first-order valence-electron chi connectivity index (χ1n) is 8.13. The lowest BCUT2D eigenvalue weighted by atomic mass is 10.1. The van der Waals surface area contributed by atoms with Crippen molar-refractivity contribution < 1.29 is 9.53 Å². The number of rotatable bonds is 6. The van der Waals surface area contributed by atoms with Crippen molar-refractivity contribution in [2.75, 3.05) is 13.2 Å². The van der Waals surface area contributed by atoms with Crippen LogP contribution in [0.5, 0.6) is 5.75 Å². The minimum Gasteiger partial charge on any atom is -0.481 e. The Bertz CT molecular complexity index is 867. The van der Waals surface area contributed by atoms with E-state index < -0.39 is 0 Å². The first-order chi connectivity index (χ1) is 12.7. The molecular weight excluding hydrogens is 362 g/mol. The largest absolute Gasteiger partial charge is 0.481 e. The lowest BCUT2D eigenvalue weighted by Gasteiger charge is -2.14. The summed E-state index contributed by atoms with van der Waals surface area (Å²) in [6.45, 7) is 0.824. The van der Waals surface area contributed by atoms with Crippen LogP contribution in [-0.4, -0.2) is 28.3 Å². The minimum atomic E-state index is -0.0383. The zero-order valence-corrected chi connectivity index (χ0v) is 15.7. The van der Waals surface area contributed by atoms with Crippen molar-refractivity contribution in [3.05, 3.63) is 70.6 Å². The van der Waals surface area contributed by atoms with Crippen LogP contribution in [0.15, 0.2) is 59.5 Å². The Labute approximate surface area is 163 Å². The highest BCUT2D eigenvalue weighted by Crippen LogP contribution is 2.32. The Morgan fingerprint density at radius 2 is 1.88 bits per heavy atom. The summed E-state index contributed by atoms with van der Waals surface area (Å²) < 4.78 is 5.95. The SMILES string of the molecule is C#CCOc1ccc(/C=C2/SC(=S)N(CCc3ccccc3)C2=O)cc1. The van der Waals surface area contributed by atoms with E-state index >= 15 is 0 Å². The number of carbonyl (C=O) groups is 1. The first kappa shape index (κ1) is 18.2. The Kier molecular flexibility index (Phi) is 6.11. The normalized spacial score (nSPS) is 15.3. The Hall–Kier alpha value is -2.55. The van der Waals surface area contributed by atoms with Crippen LogP contribution in [0.2, 0.25) is 0 Å². The van der Waals surface area contributed by atoms with E-state index in [1.165, 1.54) is 17.3 Å². The van der Waals surface area contributed by atoms with Gasteiger partial charge in [-0.05, 0) is 35.8 Å². The molecule has 2 aromatic rings. The van der Waals surface area contributed by atoms with Gasteiger partial charge in [-0.15, -0.1) is 6.42 Å². The number of amides is 1. The van der Waals surface area contributed by atoms with Crippen molar-refractivity contribution in [3.63, 3.8) is 0 Å². The molecule has 0 N–H and O–H groups in total. The number of benzene rings is 2. The van der Waals surface area contributed by atoms with E-state index in [-0.39, 0.29) is 12.5 Å². The summed E-state index contributed by atoms with van der Waals surface area (Å²) in [7, 11) is 0. The maximum atomic E-state index is 12.7. The molecule has 0 aromatic heterocycles. The molecule has 3 nitrogen and oxygen atoms in total. The van der Waals surface area contributed by atoms with Crippen LogP contribution in [0.1, 0.15) is 11.1 Å². The monoisotopic (exact) mass is 379 g/mol. The highest BCUT2D eigenvalue weighted by Gasteiger charge is 2.31. The topological polar surface area (TPSA) is 29.5 Å². The van der Waals surface area contributed by atoms with Crippen LogP contribution >= 0.6 is 24.0 Å². The number of hydrogen-bond acceptors (Lipinski definition) is 4. The molecule has 1 amide bonds. The Balaban J connectivity index is 1.66. The highest BCUT2D eigenvalue weighted by atomic mass is 32.2. The molecule has 1 heterocycles. The van der Waals surface area contributed by atoms with Crippen molar-refractivity contribution >= 4 is 40.3 Å². The number of hydrogen-bond donors (Lipinski definition) is 0. The molecule has 130 valence electrons. The molecule has 3 rings (SSSR count). The van der Waals surface area contributed by atoms with Gasteiger partial charge >= 0.3 is 0 Å². The van der Waals surface area contributed by atoms with Crippen molar-refractivity contribution in [3.8, 4) is 18.1 Å². The van der Waals surface area contributed by atoms with E-state index in [2.05, 4.69) is 18.1 Å². The zero-order chi connectivity index (χ0) is 18.4. The van der Waals surface area contributed by atoms with E-state index in [1.54, 1.807) is 4.90 Å². The highest BCUT2D eigenvalue weighted by molar-refractivity contribution is 8.26. The van der Waals surface area contributed by atoms with Crippen molar-refractivity contribution in [1.82, 2.24) is 4.90 Å². The average molecular weight is 380 g/mol. The number of nitrogens with zero attached hydrogens (tertiary/aromatic N) is 1. The molecule has 1 aliphatic rings. The standard InChI is InChI=1S/C21H17NO2S2/c1-2-14-24-18-10-8-17(9-11-18)15-19-20(23)22(21(25)26-19)13-12-16-6-4-3-5-7-16/h1,3-11,15H,12-14H2/b19-15+. The summed E-state index contributed by atoms with van der Waals surface area (Å²) in [6, 6.07) is 17.5. The van der Waals surface area contributed by atoms with E-state index in [4.69, 9.17) is 23.4 Å². The van der Waals surface area contributed by atoms with Crippen LogP contribution < -0.4 is 4.74 Å². The summed E-state index contributed by atoms with van der Waals surface area (Å²) in [5, 5.41) is 0. The van der Waals surface area contributed by atoms with Gasteiger partial charge in [0, 0.05) is 6.54 Å². The Morgan fingerprint density at radius 1 is 1.15 bits per heavy atom. The summed E-state index contributed by atoms with van der Waals surface area (Å²) in [5.74, 6) is 3.09. The lowest BCUT2D eigenvalue weighted by Crippen LogP contribution is -2.30. The van der Waals surface area contributed by atoms with Gasteiger partial charge in [0.25, 0.3) is 5.91 Å². The van der Waals surface area contributed by atoms with Crippen LogP contribution in [0.4, 0.5) is 0 Å². The maximum absolute atomic E-state index is 12.7. The molecule has 2 aromatic carbocycles. The summed E-state index contributed by atoms with van der Waals surface area (Å²) in [6.07, 6.45) is 7.81. The van der Waals surface area contributed by atoms with Gasteiger partial charge in [-0.2, -0.15) is 0 Å². The maximum Gasteiger partial charge on any atom is 0.266 e. The van der Waals surface area contributed by atoms with Crippen molar-refractivity contribution in [1.29, 1.82) is 0 Å². The van der Waals surface area contributed by atoms with Gasteiger partial charge in [0.2, 0.25) is 0 Å². The predicted molar refractivity (Wildman–Crippen MR) is 111 cm³/mol. The van der Waals surface area contributed by atoms with Crippen molar-refractivity contribution in [2.24, 2.45) is 0 Å². The summed E-state index contributed by atoms with van der Waals surface area (Å²) in [5.41, 5.74) is 2.11. The van der Waals surface area contributed by atoms with E-state index in [9.17, 15) is 4.79 Å². The molecule has 0 aliphatic carbocycles. The average Bonchev–Trinajstić information content (AvgIpc) is 2.93. The lowest BCUT2D eigenvalue weighted by molar-refractivity contribution is -0.122. The minimum absolute atomic E-state index is 0.0383. The second kappa shape index (κ2) is 8.70. The molecule has 0 atom stereocenters. The molecule has 0 bridgehead atoms. The van der Waals surface area contributed by atoms with Crippen LogP contribution in [0, 0.1) is 12.3 Å². The Morgan fingerprint density at radius 3 is 2.58 bits per heavy atom. The molecule has 0 saturated carbocycles. The number of thiocarbonyl (C=S) groups is 1. The van der Waals surface area contributed by atoms with Gasteiger partial charge in [-0.3, -0.25) is 9.69 Å². The zero-order valence-electron chi connectivity index (χ0n) is 14.1. The van der Waals surface area contributed by atoms with E-state index in [1.807, 2.05) is 48.5 Å². The predicted octanol–water partition coefficient (Wildman–Crippen LogP) is 4.14. The molecular formula is C21H17NO2S2. The second-order valence-corrected chi connectivity index (χ2v) is 7.31. The molecule has 26 heavy (non-hydrogen) atoms. The molecule has 0 spiro atoms. The molecule has 0 radical (unpaired) electrons. The second-order valence-electron chi connectivity index (χ2n) is 5.63. The first-order valence-corrected chi connectivity index (χ1v) is 9.35. The molecule has 5 heteroatoms. The van der Waals surface area contributed by atoms with Crippen LogP contribution in [-0.2, 0) is 11.2 Å². The number of carbonyl (C=O) groups excluding carboxylic acids is 1. The summed E-state index contributed by atoms with van der Waals surface area (Å²) in [4.78, 5) is 15.0. The smallest absolute Gasteiger partial charge is 0.266 e. The van der Waals surface area contributed by atoms with Gasteiger partial charge in [-0.25, -0.2) is 0 Å². The molecule has 1 fully saturated rings. The molecule has 1 saturated heterocycles. The third kappa shape index (κ3) is 4.54. The number of thioether (sulfide) groups is 1. The van der Waals surface area contributed by atoms with E-state index in [0.717, 1.165) is 12.0 Å². The molecule has 0 unspecified atom stereocenters. The van der Waals surface area contributed by atoms with E-state index in [0.29, 0.717) is 21.5 Å². The van der Waals surface area contributed by atoms with Gasteiger partial charge in [0.15, 0.2) is 0 Å². The van der Waals surface area contributed by atoms with Crippen LogP contribution in [0.25, 0.3) is 6.08 Å². The molecule has 1 aliphatic heterocycles. The fraction of sp³-hybridized carbons (Fsp3) is 0.143. The van der Waals surface area contributed by atoms with Crippen molar-refractivity contribution in [2.45, 2.75) is 6.42 Å². The fourth-order valence-corrected chi connectivity index (χ4v) is 3.82. The number of terminal acetylenes is 1. The van der Waals surface area contributed by atoms with Gasteiger partial charge in [0.05, 0.1) is 4.91 Å². The van der Waals surface area contributed by atoms with Crippen LogP contribution in [0.3, 0.4) is 0 Å².